The predicted octanol–water partition coefficient (Wildman–Crippen LogP) is 5.24. The Morgan fingerprint density at radius 3 is 2.41 bits per heavy atom. The van der Waals surface area contributed by atoms with Gasteiger partial charge >= 0.3 is 0 Å². The lowest BCUT2D eigenvalue weighted by molar-refractivity contribution is 0.0963. The first-order valence-corrected chi connectivity index (χ1v) is 10.5. The lowest BCUT2D eigenvalue weighted by atomic mass is 9.99. The lowest BCUT2D eigenvalue weighted by Gasteiger charge is -2.07. The average Bonchev–Trinajstić information content (AvgIpc) is 3.51. The Morgan fingerprint density at radius 2 is 1.68 bits per heavy atom. The lowest BCUT2D eigenvalue weighted by Crippen LogP contribution is -2.18. The molecule has 34 heavy (non-hydrogen) atoms. The summed E-state index contributed by atoms with van der Waals surface area (Å²) in [6.45, 7) is 0. The highest BCUT2D eigenvalue weighted by atomic mass is 19.1. The molecule has 0 unspecified atom stereocenters. The first-order chi connectivity index (χ1) is 16.5. The maximum atomic E-state index is 13.4. The second-order valence-corrected chi connectivity index (χ2v) is 7.61. The van der Waals surface area contributed by atoms with E-state index in [0.717, 1.165) is 11.1 Å². The van der Waals surface area contributed by atoms with Crippen molar-refractivity contribution in [2.75, 3.05) is 12.4 Å². The van der Waals surface area contributed by atoms with Crippen LogP contribution in [0.5, 0.6) is 0 Å². The summed E-state index contributed by atoms with van der Waals surface area (Å²) in [6, 6.07) is 20.1. The maximum Gasteiger partial charge on any atom is 0.256 e. The van der Waals surface area contributed by atoms with Gasteiger partial charge in [-0.3, -0.25) is 14.7 Å². The number of halogens is 1. The van der Waals surface area contributed by atoms with Crippen LogP contribution in [0.15, 0.2) is 83.4 Å². The van der Waals surface area contributed by atoms with Gasteiger partial charge in [-0.2, -0.15) is 5.10 Å². The van der Waals surface area contributed by atoms with Crippen LogP contribution in [0.2, 0.25) is 0 Å². The van der Waals surface area contributed by atoms with Gasteiger partial charge in [0.05, 0.1) is 11.8 Å². The van der Waals surface area contributed by atoms with Gasteiger partial charge in [0.2, 0.25) is 0 Å². The fraction of sp³-hybridized carbons (Fsp3) is 0.0385. The number of nitrogens with one attached hydrogen (secondary N) is 3. The van der Waals surface area contributed by atoms with Crippen molar-refractivity contribution in [3.05, 3.63) is 95.9 Å². The number of H-pyrrole nitrogens is 1. The monoisotopic (exact) mass is 454 g/mol. The van der Waals surface area contributed by atoms with Crippen molar-refractivity contribution in [3.63, 3.8) is 0 Å². The number of nitrogens with zero attached hydrogens (tertiary/aromatic N) is 1. The van der Waals surface area contributed by atoms with E-state index in [-0.39, 0.29) is 17.6 Å². The van der Waals surface area contributed by atoms with Crippen LogP contribution in [-0.2, 0) is 0 Å². The zero-order valence-corrected chi connectivity index (χ0v) is 18.1. The number of hydrogen-bond donors (Lipinski definition) is 3. The zero-order valence-electron chi connectivity index (χ0n) is 18.1. The van der Waals surface area contributed by atoms with E-state index in [9.17, 15) is 14.0 Å². The standard InChI is InChI=1S/C26H19FN4O3/c1-28-26(33)23-20-14-17(7-10-21(20)34-24(23)15-5-8-19(27)9-6-15)16-3-2-4-18(13-16)25(32)30-22-11-12-29-31-22/h2-14H,1H3,(H,28,33)(H2,29,30,31,32). The fourth-order valence-electron chi connectivity index (χ4n) is 3.79. The van der Waals surface area contributed by atoms with Crippen molar-refractivity contribution in [1.82, 2.24) is 15.5 Å². The summed E-state index contributed by atoms with van der Waals surface area (Å²) in [4.78, 5) is 25.4. The zero-order chi connectivity index (χ0) is 23.7. The highest BCUT2D eigenvalue weighted by molar-refractivity contribution is 6.12. The first-order valence-electron chi connectivity index (χ1n) is 10.5. The number of rotatable bonds is 5. The minimum Gasteiger partial charge on any atom is -0.455 e. The number of carbonyl (C=O) groups is 2. The van der Waals surface area contributed by atoms with Crippen LogP contribution in [0.3, 0.4) is 0 Å². The predicted molar refractivity (Wildman–Crippen MR) is 127 cm³/mol. The van der Waals surface area contributed by atoms with Crippen LogP contribution in [0, 0.1) is 5.82 Å². The van der Waals surface area contributed by atoms with Gasteiger partial charge in [0.15, 0.2) is 0 Å². The molecule has 0 aliphatic carbocycles. The van der Waals surface area contributed by atoms with Crippen molar-refractivity contribution in [1.29, 1.82) is 0 Å². The molecule has 0 spiro atoms. The van der Waals surface area contributed by atoms with Gasteiger partial charge in [-0.25, -0.2) is 4.39 Å². The number of carbonyl (C=O) groups excluding carboxylic acids is 2. The molecule has 0 bridgehead atoms. The van der Waals surface area contributed by atoms with Gasteiger partial charge < -0.3 is 15.1 Å². The Bertz CT molecular complexity index is 1510. The van der Waals surface area contributed by atoms with Crippen LogP contribution in [0.25, 0.3) is 33.4 Å². The van der Waals surface area contributed by atoms with Crippen LogP contribution >= 0.6 is 0 Å². The molecule has 0 fully saturated rings. The SMILES string of the molecule is CNC(=O)c1c(-c2ccc(F)cc2)oc2ccc(-c3cccc(C(=O)Nc4ccn[nH]4)c3)cc12. The van der Waals surface area contributed by atoms with Crippen LogP contribution in [0.4, 0.5) is 10.2 Å². The Hall–Kier alpha value is -4.72. The summed E-state index contributed by atoms with van der Waals surface area (Å²) in [5, 5.41) is 12.5. The van der Waals surface area contributed by atoms with Crippen molar-refractivity contribution in [2.24, 2.45) is 0 Å². The molecular weight excluding hydrogens is 435 g/mol. The molecule has 7 nitrogen and oxygen atoms in total. The highest BCUT2D eigenvalue weighted by Gasteiger charge is 2.22. The van der Waals surface area contributed by atoms with Gasteiger partial charge in [0, 0.05) is 29.6 Å². The maximum absolute atomic E-state index is 13.4. The quantitative estimate of drug-likeness (QED) is 0.338. The molecule has 8 heteroatoms. The molecule has 2 aromatic heterocycles. The molecule has 0 saturated heterocycles. The van der Waals surface area contributed by atoms with Gasteiger partial charge in [0.25, 0.3) is 11.8 Å². The van der Waals surface area contributed by atoms with Crippen LogP contribution in [-0.4, -0.2) is 29.1 Å². The second-order valence-electron chi connectivity index (χ2n) is 7.61. The summed E-state index contributed by atoms with van der Waals surface area (Å²) in [5.41, 5.74) is 3.55. The molecule has 0 aliphatic rings. The molecule has 2 amide bonds. The van der Waals surface area contributed by atoms with E-state index in [1.807, 2.05) is 18.2 Å². The molecular formula is C26H19FN4O3. The molecule has 3 aromatic carbocycles. The Balaban J connectivity index is 1.57. The summed E-state index contributed by atoms with van der Waals surface area (Å²) >= 11 is 0. The van der Waals surface area contributed by atoms with Gasteiger partial charge in [0.1, 0.15) is 23.0 Å². The molecule has 0 aliphatic heterocycles. The van der Waals surface area contributed by atoms with E-state index < -0.39 is 0 Å². The molecule has 168 valence electrons. The number of aromatic amines is 1. The third-order valence-electron chi connectivity index (χ3n) is 5.46. The summed E-state index contributed by atoms with van der Waals surface area (Å²) in [6.07, 6.45) is 1.55. The molecule has 5 rings (SSSR count). The normalized spacial score (nSPS) is 10.9. The number of anilines is 1. The molecule has 0 radical (unpaired) electrons. The van der Waals surface area contributed by atoms with E-state index in [2.05, 4.69) is 20.8 Å². The third kappa shape index (κ3) is 3.93. The van der Waals surface area contributed by atoms with Crippen molar-refractivity contribution in [3.8, 4) is 22.5 Å². The number of aromatic nitrogens is 2. The summed E-state index contributed by atoms with van der Waals surface area (Å²) in [5.74, 6) is -0.110. The molecule has 2 heterocycles. The fourth-order valence-corrected chi connectivity index (χ4v) is 3.79. The van der Waals surface area contributed by atoms with E-state index in [1.165, 1.54) is 12.1 Å². The van der Waals surface area contributed by atoms with E-state index in [1.54, 1.807) is 55.7 Å². The van der Waals surface area contributed by atoms with E-state index in [0.29, 0.717) is 39.2 Å². The average molecular weight is 454 g/mol. The number of fused-ring (bicyclic) bond motifs is 1. The van der Waals surface area contributed by atoms with Crippen molar-refractivity contribution in [2.45, 2.75) is 0 Å². The van der Waals surface area contributed by atoms with Crippen LogP contribution in [0.1, 0.15) is 20.7 Å². The number of furan rings is 1. The minimum atomic E-state index is -0.375. The molecule has 0 saturated carbocycles. The van der Waals surface area contributed by atoms with Gasteiger partial charge in [-0.05, 0) is 59.7 Å². The molecule has 3 N–H and O–H groups in total. The van der Waals surface area contributed by atoms with Crippen molar-refractivity contribution >= 4 is 28.6 Å². The molecule has 0 atom stereocenters. The van der Waals surface area contributed by atoms with E-state index in [4.69, 9.17) is 4.42 Å². The number of benzene rings is 3. The third-order valence-corrected chi connectivity index (χ3v) is 5.46. The van der Waals surface area contributed by atoms with Crippen molar-refractivity contribution < 1.29 is 18.4 Å². The van der Waals surface area contributed by atoms with E-state index >= 15 is 0 Å². The smallest absolute Gasteiger partial charge is 0.256 e. The summed E-state index contributed by atoms with van der Waals surface area (Å²) < 4.78 is 19.4. The highest BCUT2D eigenvalue weighted by Crippen LogP contribution is 2.36. The largest absolute Gasteiger partial charge is 0.455 e. The van der Waals surface area contributed by atoms with Crippen LogP contribution < -0.4 is 10.6 Å². The van der Waals surface area contributed by atoms with Gasteiger partial charge in [-0.15, -0.1) is 0 Å². The summed E-state index contributed by atoms with van der Waals surface area (Å²) in [7, 11) is 1.54. The Labute approximate surface area is 193 Å². The second kappa shape index (κ2) is 8.67. The Morgan fingerprint density at radius 1 is 0.912 bits per heavy atom. The topological polar surface area (TPSA) is 100 Å². The molecule has 5 aromatic rings. The van der Waals surface area contributed by atoms with Gasteiger partial charge in [-0.1, -0.05) is 18.2 Å². The number of amides is 2. The Kier molecular flexibility index (Phi) is 5.39. The first kappa shape index (κ1) is 21.1. The minimum absolute atomic E-state index is 0.278. The number of hydrogen-bond acceptors (Lipinski definition) is 4.